The van der Waals surface area contributed by atoms with Crippen molar-refractivity contribution in [3.63, 3.8) is 0 Å². The molecule has 1 aliphatic rings. The van der Waals surface area contributed by atoms with Gasteiger partial charge in [0.15, 0.2) is 0 Å². The molecule has 2 aromatic heterocycles. The summed E-state index contributed by atoms with van der Waals surface area (Å²) in [7, 11) is 0. The van der Waals surface area contributed by atoms with Crippen LogP contribution in [0.15, 0.2) is 36.7 Å². The number of aliphatic hydroxyl groups is 2. The molecule has 0 radical (unpaired) electrons. The van der Waals surface area contributed by atoms with Gasteiger partial charge in [-0.2, -0.15) is 10.5 Å². The van der Waals surface area contributed by atoms with Crippen molar-refractivity contribution in [2.45, 2.75) is 31.8 Å². The van der Waals surface area contributed by atoms with Crippen molar-refractivity contribution in [2.75, 3.05) is 30.4 Å². The molecule has 1 atom stereocenters. The van der Waals surface area contributed by atoms with E-state index in [9.17, 15) is 20.7 Å². The van der Waals surface area contributed by atoms with Gasteiger partial charge in [-0.05, 0) is 43.7 Å². The number of nitrogens with zero attached hydrogens (tertiary/aromatic N) is 5. The summed E-state index contributed by atoms with van der Waals surface area (Å²) < 4.78 is 5.83. The zero-order valence-electron chi connectivity index (χ0n) is 19.6. The minimum atomic E-state index is -0.897. The fraction of sp³-hybridized carbons (Fsp3) is 0.320. The normalized spacial score (nSPS) is 16.5. The fourth-order valence-electron chi connectivity index (χ4n) is 3.74. The summed E-state index contributed by atoms with van der Waals surface area (Å²) >= 11 is 0. The lowest BCUT2D eigenvalue weighted by molar-refractivity contribution is 0.0380. The predicted octanol–water partition coefficient (Wildman–Crippen LogP) is 2.85. The number of pyridine rings is 1. The Morgan fingerprint density at radius 1 is 1.20 bits per heavy atom. The van der Waals surface area contributed by atoms with Gasteiger partial charge < -0.3 is 25.6 Å². The number of ether oxygens (including phenoxy) is 1. The number of aromatic nitrogens is 3. The van der Waals surface area contributed by atoms with Gasteiger partial charge in [0.25, 0.3) is 0 Å². The van der Waals surface area contributed by atoms with Crippen LogP contribution in [0, 0.1) is 22.7 Å². The number of hydrogen-bond donors (Lipinski definition) is 4. The standard InChI is InChI=1S/C25H25N7O3/c1-24(2,13-33)35-22-20(6-15(9-26)11-29-22)32-23-28-5-4-19(31-23)16-7-17(10-27)21-18(8-16)25(3,14-34)12-30-21/h4-8,11,30,33-34H,12-14H2,1-3H3,(H,28,31,32)/t25-/m1/s1. The van der Waals surface area contributed by atoms with Crippen LogP contribution in [0.25, 0.3) is 11.3 Å². The Bertz CT molecular complexity index is 1360. The van der Waals surface area contributed by atoms with Gasteiger partial charge in [-0.1, -0.05) is 6.92 Å². The van der Waals surface area contributed by atoms with Gasteiger partial charge in [0.1, 0.15) is 23.4 Å². The lowest BCUT2D eigenvalue weighted by Crippen LogP contribution is -2.33. The molecule has 10 heteroatoms. The Labute approximate surface area is 202 Å². The first-order valence-corrected chi connectivity index (χ1v) is 11.0. The van der Waals surface area contributed by atoms with E-state index in [0.29, 0.717) is 34.6 Å². The molecule has 0 fully saturated rings. The Balaban J connectivity index is 1.73. The number of fused-ring (bicyclic) bond motifs is 1. The predicted molar refractivity (Wildman–Crippen MR) is 129 cm³/mol. The van der Waals surface area contributed by atoms with Crippen molar-refractivity contribution in [1.82, 2.24) is 15.0 Å². The molecule has 0 saturated heterocycles. The second-order valence-corrected chi connectivity index (χ2v) is 9.23. The van der Waals surface area contributed by atoms with E-state index in [2.05, 4.69) is 31.7 Å². The highest BCUT2D eigenvalue weighted by molar-refractivity contribution is 5.76. The highest BCUT2D eigenvalue weighted by Gasteiger charge is 2.36. The smallest absolute Gasteiger partial charge is 0.238 e. The van der Waals surface area contributed by atoms with E-state index in [1.165, 1.54) is 6.20 Å². The third-order valence-electron chi connectivity index (χ3n) is 5.85. The summed E-state index contributed by atoms with van der Waals surface area (Å²) in [6.07, 6.45) is 2.96. The second kappa shape index (κ2) is 9.18. The van der Waals surface area contributed by atoms with Crippen LogP contribution in [0.1, 0.15) is 37.5 Å². The van der Waals surface area contributed by atoms with E-state index in [4.69, 9.17) is 4.74 Å². The number of anilines is 3. The van der Waals surface area contributed by atoms with Gasteiger partial charge in [0.05, 0.1) is 35.7 Å². The van der Waals surface area contributed by atoms with Crippen LogP contribution in [-0.4, -0.2) is 50.5 Å². The Morgan fingerprint density at radius 2 is 2.00 bits per heavy atom. The highest BCUT2D eigenvalue weighted by Crippen LogP contribution is 2.41. The number of benzene rings is 1. The summed E-state index contributed by atoms with van der Waals surface area (Å²) in [6.45, 7) is 5.60. The average Bonchev–Trinajstić information content (AvgIpc) is 3.21. The van der Waals surface area contributed by atoms with Crippen LogP contribution in [0.4, 0.5) is 17.3 Å². The molecular weight excluding hydrogens is 446 g/mol. The molecular formula is C25H25N7O3. The van der Waals surface area contributed by atoms with Gasteiger partial charge >= 0.3 is 0 Å². The number of aliphatic hydroxyl groups excluding tert-OH is 2. The van der Waals surface area contributed by atoms with Gasteiger partial charge in [0.2, 0.25) is 11.8 Å². The van der Waals surface area contributed by atoms with Crippen molar-refractivity contribution >= 4 is 17.3 Å². The van der Waals surface area contributed by atoms with Crippen LogP contribution in [-0.2, 0) is 5.41 Å². The van der Waals surface area contributed by atoms with Crippen LogP contribution in [0.2, 0.25) is 0 Å². The molecule has 1 aliphatic heterocycles. The molecule has 10 nitrogen and oxygen atoms in total. The molecule has 0 amide bonds. The molecule has 4 N–H and O–H groups in total. The molecule has 0 unspecified atom stereocenters. The quantitative estimate of drug-likeness (QED) is 0.403. The van der Waals surface area contributed by atoms with E-state index in [-0.39, 0.29) is 25.0 Å². The first-order chi connectivity index (χ1) is 16.7. The van der Waals surface area contributed by atoms with E-state index >= 15 is 0 Å². The lowest BCUT2D eigenvalue weighted by atomic mass is 9.83. The van der Waals surface area contributed by atoms with E-state index in [1.54, 1.807) is 38.2 Å². The first-order valence-electron chi connectivity index (χ1n) is 11.0. The van der Waals surface area contributed by atoms with Crippen molar-refractivity contribution in [2.24, 2.45) is 0 Å². The zero-order chi connectivity index (χ0) is 25.2. The molecule has 3 heterocycles. The maximum absolute atomic E-state index is 9.96. The molecule has 0 aliphatic carbocycles. The second-order valence-electron chi connectivity index (χ2n) is 9.23. The van der Waals surface area contributed by atoms with Gasteiger partial charge in [-0.3, -0.25) is 0 Å². The number of nitrogens with one attached hydrogen (secondary N) is 2. The van der Waals surface area contributed by atoms with Crippen LogP contribution in [0.3, 0.4) is 0 Å². The van der Waals surface area contributed by atoms with Crippen LogP contribution < -0.4 is 15.4 Å². The van der Waals surface area contributed by atoms with Gasteiger partial charge in [-0.25, -0.2) is 15.0 Å². The summed E-state index contributed by atoms with van der Waals surface area (Å²) in [5.74, 6) is 0.416. The monoisotopic (exact) mass is 471 g/mol. The molecule has 0 saturated carbocycles. The summed E-state index contributed by atoms with van der Waals surface area (Å²) in [4.78, 5) is 13.1. The molecule has 3 aromatic rings. The Morgan fingerprint density at radius 3 is 2.69 bits per heavy atom. The van der Waals surface area contributed by atoms with Crippen LogP contribution in [0.5, 0.6) is 5.88 Å². The van der Waals surface area contributed by atoms with E-state index < -0.39 is 11.0 Å². The zero-order valence-corrected chi connectivity index (χ0v) is 19.6. The molecule has 4 rings (SSSR count). The Hall–Kier alpha value is -4.25. The molecule has 0 spiro atoms. The Kier molecular flexibility index (Phi) is 6.27. The third kappa shape index (κ3) is 4.71. The summed E-state index contributed by atoms with van der Waals surface area (Å²) in [5, 5.41) is 44.8. The third-order valence-corrected chi connectivity index (χ3v) is 5.85. The van der Waals surface area contributed by atoms with E-state index in [1.807, 2.05) is 19.1 Å². The first kappa shape index (κ1) is 23.9. The van der Waals surface area contributed by atoms with Crippen LogP contribution >= 0.6 is 0 Å². The van der Waals surface area contributed by atoms with E-state index in [0.717, 1.165) is 11.3 Å². The molecule has 1 aromatic carbocycles. The number of hydrogen-bond acceptors (Lipinski definition) is 10. The SMILES string of the molecule is CC(C)(CO)Oc1ncc(C#N)cc1Nc1nccc(-c2cc(C#N)c3c(c2)[C@@](C)(CO)CN3)n1. The van der Waals surface area contributed by atoms with Crippen molar-refractivity contribution in [3.05, 3.63) is 53.3 Å². The largest absolute Gasteiger partial charge is 0.468 e. The number of nitriles is 2. The minimum absolute atomic E-state index is 0.0624. The lowest BCUT2D eigenvalue weighted by Gasteiger charge is -2.24. The van der Waals surface area contributed by atoms with Crippen molar-refractivity contribution in [1.29, 1.82) is 10.5 Å². The van der Waals surface area contributed by atoms with Gasteiger partial charge in [0, 0.05) is 29.9 Å². The topological polar surface area (TPSA) is 160 Å². The maximum atomic E-state index is 9.96. The molecule has 0 bridgehead atoms. The minimum Gasteiger partial charge on any atom is -0.468 e. The fourth-order valence-corrected chi connectivity index (χ4v) is 3.74. The molecule has 35 heavy (non-hydrogen) atoms. The average molecular weight is 472 g/mol. The maximum Gasteiger partial charge on any atom is 0.238 e. The number of rotatable bonds is 7. The van der Waals surface area contributed by atoms with Crippen molar-refractivity contribution in [3.8, 4) is 29.3 Å². The van der Waals surface area contributed by atoms with Gasteiger partial charge in [-0.15, -0.1) is 0 Å². The van der Waals surface area contributed by atoms with Crippen molar-refractivity contribution < 1.29 is 14.9 Å². The molecule has 178 valence electrons. The highest BCUT2D eigenvalue weighted by atomic mass is 16.5. The summed E-state index contributed by atoms with van der Waals surface area (Å²) in [5.41, 5.74) is 2.59. The summed E-state index contributed by atoms with van der Waals surface area (Å²) in [6, 6.07) is 11.2.